The van der Waals surface area contributed by atoms with E-state index in [2.05, 4.69) is 19.7 Å². The minimum absolute atomic E-state index is 0.0783. The van der Waals surface area contributed by atoms with E-state index < -0.39 is 33.6 Å². The SMILES string of the molecule is CN1C(N)=N[C@](C)(c2nc(-c3cc(OC(F)F)cnc3C(N)=O)cs2)C(C)(C)S1(O)O. The number of primary amides is 1. The summed E-state index contributed by atoms with van der Waals surface area (Å²) in [7, 11) is -1.95. The normalized spacial score (nSPS) is 23.4. The Balaban J connectivity index is 2.15. The van der Waals surface area contributed by atoms with Crippen LogP contribution < -0.4 is 16.2 Å². The molecule has 1 aliphatic rings. The highest BCUT2D eigenvalue weighted by atomic mass is 32.3. The van der Waals surface area contributed by atoms with Crippen LogP contribution in [0.5, 0.6) is 5.75 Å². The van der Waals surface area contributed by atoms with Crippen molar-refractivity contribution >= 4 is 34.0 Å². The Hall–Kier alpha value is -2.55. The van der Waals surface area contributed by atoms with Crippen LogP contribution in [0.1, 0.15) is 36.3 Å². The van der Waals surface area contributed by atoms with Gasteiger partial charge in [-0.2, -0.15) is 8.78 Å². The van der Waals surface area contributed by atoms with Gasteiger partial charge >= 0.3 is 6.61 Å². The molecule has 0 bridgehead atoms. The molecule has 0 unspecified atom stereocenters. The number of halogens is 2. The topological polar surface area (TPSA) is 160 Å². The molecule has 2 aromatic heterocycles. The van der Waals surface area contributed by atoms with Gasteiger partial charge in [-0.05, 0) is 26.8 Å². The molecule has 14 heteroatoms. The summed E-state index contributed by atoms with van der Waals surface area (Å²) in [4.78, 5) is 24.6. The van der Waals surface area contributed by atoms with Crippen molar-refractivity contribution in [2.45, 2.75) is 37.7 Å². The van der Waals surface area contributed by atoms with E-state index in [0.717, 1.165) is 21.8 Å². The molecule has 3 rings (SSSR count). The summed E-state index contributed by atoms with van der Waals surface area (Å²) in [6, 6.07) is 1.19. The highest BCUT2D eigenvalue weighted by Gasteiger charge is 2.58. The number of pyridine rings is 1. The van der Waals surface area contributed by atoms with Crippen molar-refractivity contribution in [2.24, 2.45) is 16.5 Å². The van der Waals surface area contributed by atoms with Crippen molar-refractivity contribution in [2.75, 3.05) is 7.05 Å². The van der Waals surface area contributed by atoms with Crippen molar-refractivity contribution in [3.05, 3.63) is 28.3 Å². The van der Waals surface area contributed by atoms with Crippen LogP contribution in [0.2, 0.25) is 0 Å². The van der Waals surface area contributed by atoms with E-state index in [1.54, 1.807) is 26.2 Å². The fourth-order valence-electron chi connectivity index (χ4n) is 3.10. The second-order valence-corrected chi connectivity index (χ2v) is 10.9. The van der Waals surface area contributed by atoms with Crippen LogP contribution in [0.25, 0.3) is 11.3 Å². The molecule has 31 heavy (non-hydrogen) atoms. The number of aromatic nitrogens is 2. The molecule has 1 atom stereocenters. The van der Waals surface area contributed by atoms with Gasteiger partial charge in [-0.15, -0.1) is 22.1 Å². The number of carbonyl (C=O) groups is 1. The van der Waals surface area contributed by atoms with E-state index in [0.29, 0.717) is 5.01 Å². The van der Waals surface area contributed by atoms with Crippen molar-refractivity contribution in [1.82, 2.24) is 14.3 Å². The molecule has 2 aromatic rings. The van der Waals surface area contributed by atoms with Gasteiger partial charge in [0.1, 0.15) is 26.7 Å². The molecule has 0 saturated heterocycles. The van der Waals surface area contributed by atoms with Gasteiger partial charge in [0.2, 0.25) is 5.96 Å². The minimum Gasteiger partial charge on any atom is -0.433 e. The predicted molar refractivity (Wildman–Crippen MR) is 114 cm³/mol. The van der Waals surface area contributed by atoms with E-state index in [1.165, 1.54) is 13.1 Å². The van der Waals surface area contributed by atoms with E-state index in [-0.39, 0.29) is 28.7 Å². The average Bonchev–Trinajstić information content (AvgIpc) is 3.15. The summed E-state index contributed by atoms with van der Waals surface area (Å²) in [6.07, 6.45) is 0.963. The first-order chi connectivity index (χ1) is 14.2. The molecule has 1 amide bonds. The molecular weight excluding hydrogens is 454 g/mol. The smallest absolute Gasteiger partial charge is 0.387 e. The Labute approximate surface area is 182 Å². The van der Waals surface area contributed by atoms with Crippen LogP contribution in [0, 0.1) is 0 Å². The molecule has 0 fully saturated rings. The lowest BCUT2D eigenvalue weighted by atomic mass is 9.88. The lowest BCUT2D eigenvalue weighted by molar-refractivity contribution is -0.0500. The number of guanidine groups is 1. The zero-order valence-corrected chi connectivity index (χ0v) is 18.7. The van der Waals surface area contributed by atoms with Crippen LogP contribution in [0.15, 0.2) is 22.6 Å². The predicted octanol–water partition coefficient (Wildman–Crippen LogP) is 2.82. The van der Waals surface area contributed by atoms with Crippen LogP contribution in [0.3, 0.4) is 0 Å². The highest BCUT2D eigenvalue weighted by molar-refractivity contribution is 8.23. The minimum atomic E-state index is -3.39. The number of carbonyl (C=O) groups excluding carboxylic acids is 1. The number of hydrogen-bond donors (Lipinski definition) is 4. The molecule has 10 nitrogen and oxygen atoms in total. The second kappa shape index (κ2) is 7.55. The van der Waals surface area contributed by atoms with Gasteiger partial charge in [-0.1, -0.05) is 0 Å². The fourth-order valence-corrected chi connectivity index (χ4v) is 5.92. The number of nitrogens with two attached hydrogens (primary N) is 2. The molecule has 0 aliphatic carbocycles. The monoisotopic (exact) mass is 476 g/mol. The summed E-state index contributed by atoms with van der Waals surface area (Å²) in [6.45, 7) is 1.83. The molecule has 1 aliphatic heterocycles. The summed E-state index contributed by atoms with van der Waals surface area (Å²) < 4.78 is 51.1. The zero-order chi connectivity index (χ0) is 23.4. The quantitative estimate of drug-likeness (QED) is 0.512. The lowest BCUT2D eigenvalue weighted by Gasteiger charge is -2.59. The third-order valence-corrected chi connectivity index (χ3v) is 9.19. The lowest BCUT2D eigenvalue weighted by Crippen LogP contribution is -2.58. The Kier molecular flexibility index (Phi) is 5.63. The number of aliphatic imine (C=N–C) groups is 1. The van der Waals surface area contributed by atoms with Crippen molar-refractivity contribution in [3.8, 4) is 17.0 Å². The van der Waals surface area contributed by atoms with Crippen LogP contribution in [0.4, 0.5) is 8.78 Å². The maximum Gasteiger partial charge on any atom is 0.387 e. The Morgan fingerprint density at radius 2 is 2.00 bits per heavy atom. The standard InChI is InChI=1S/C17H22F2N6O4S2/c1-16(2)17(3,24-15(21)25(4)31(16,27)28)13-23-10(7-30-13)9-5-8(29-14(18)19)6-22-11(9)12(20)26/h5-7,14,27-28H,1-4H3,(H2,20,26)(H2,21,24)/t17-/m1/s1. The maximum atomic E-state index is 12.6. The van der Waals surface area contributed by atoms with Gasteiger partial charge in [0.15, 0.2) is 0 Å². The average molecular weight is 477 g/mol. The van der Waals surface area contributed by atoms with Gasteiger partial charge in [-0.3, -0.25) is 13.9 Å². The summed E-state index contributed by atoms with van der Waals surface area (Å²) in [5.41, 5.74) is 10.2. The number of alkyl halides is 2. The molecule has 0 aromatic carbocycles. The number of amides is 1. The number of nitrogens with zero attached hydrogens (tertiary/aromatic N) is 4. The number of thiazole rings is 1. The van der Waals surface area contributed by atoms with Crippen molar-refractivity contribution in [1.29, 1.82) is 0 Å². The van der Waals surface area contributed by atoms with Crippen molar-refractivity contribution in [3.63, 3.8) is 0 Å². The fraction of sp³-hybridized carbons (Fsp3) is 0.412. The summed E-state index contributed by atoms with van der Waals surface area (Å²) in [5, 5.41) is 1.92. The molecule has 0 spiro atoms. The van der Waals surface area contributed by atoms with Gasteiger partial charge in [0.25, 0.3) is 5.91 Å². The highest BCUT2D eigenvalue weighted by Crippen LogP contribution is 2.65. The first kappa shape index (κ1) is 23.1. The third kappa shape index (κ3) is 3.58. The van der Waals surface area contributed by atoms with E-state index in [4.69, 9.17) is 11.5 Å². The Morgan fingerprint density at radius 3 is 2.58 bits per heavy atom. The van der Waals surface area contributed by atoms with Gasteiger partial charge < -0.3 is 16.2 Å². The van der Waals surface area contributed by atoms with E-state index in [1.807, 2.05) is 0 Å². The molecule has 3 heterocycles. The number of ether oxygens (including phenoxy) is 1. The molecule has 0 saturated carbocycles. The number of rotatable bonds is 5. The molecule has 170 valence electrons. The van der Waals surface area contributed by atoms with Gasteiger partial charge in [0, 0.05) is 18.0 Å². The third-order valence-electron chi connectivity index (χ3n) is 5.42. The Morgan fingerprint density at radius 1 is 1.35 bits per heavy atom. The second-order valence-electron chi connectivity index (χ2n) is 7.42. The number of hydrogen-bond acceptors (Lipinski definition) is 10. The first-order valence-electron chi connectivity index (χ1n) is 8.80. The Bertz CT molecular complexity index is 1060. The van der Waals surface area contributed by atoms with E-state index >= 15 is 0 Å². The van der Waals surface area contributed by atoms with Crippen LogP contribution in [-0.2, 0) is 5.54 Å². The first-order valence-corrected chi connectivity index (χ1v) is 11.2. The summed E-state index contributed by atoms with van der Waals surface area (Å²) >= 11 is 1.13. The zero-order valence-electron chi connectivity index (χ0n) is 17.0. The maximum absolute atomic E-state index is 12.6. The molecule has 6 N–H and O–H groups in total. The molecular formula is C17H22F2N6O4S2. The van der Waals surface area contributed by atoms with Gasteiger partial charge in [0.05, 0.1) is 11.9 Å². The van der Waals surface area contributed by atoms with Crippen molar-refractivity contribution < 1.29 is 27.4 Å². The summed E-state index contributed by atoms with van der Waals surface area (Å²) in [5.74, 6) is -1.23. The van der Waals surface area contributed by atoms with Crippen LogP contribution >= 0.6 is 22.1 Å². The van der Waals surface area contributed by atoms with Crippen LogP contribution in [-0.4, -0.2) is 53.7 Å². The van der Waals surface area contributed by atoms with Gasteiger partial charge in [-0.25, -0.2) is 19.3 Å². The molecule has 0 radical (unpaired) electrons. The van der Waals surface area contributed by atoms with E-state index in [9.17, 15) is 22.7 Å². The largest absolute Gasteiger partial charge is 0.433 e.